The lowest BCUT2D eigenvalue weighted by atomic mass is 10.1. The van der Waals surface area contributed by atoms with Gasteiger partial charge in [0.2, 0.25) is 0 Å². The van der Waals surface area contributed by atoms with E-state index < -0.39 is 17.5 Å². The molecule has 1 amide bonds. The average molecular weight is 317 g/mol. The van der Waals surface area contributed by atoms with E-state index in [9.17, 15) is 14.0 Å². The van der Waals surface area contributed by atoms with Crippen molar-refractivity contribution in [2.24, 2.45) is 0 Å². The summed E-state index contributed by atoms with van der Waals surface area (Å²) in [4.78, 5) is 27.2. The van der Waals surface area contributed by atoms with Crippen LogP contribution in [0.3, 0.4) is 0 Å². The van der Waals surface area contributed by atoms with E-state index in [0.717, 1.165) is 6.07 Å². The molecular weight excluding hydrogens is 307 g/mol. The van der Waals surface area contributed by atoms with Crippen molar-refractivity contribution in [2.45, 2.75) is 0 Å². The maximum absolute atomic E-state index is 13.1. The average Bonchev–Trinajstić information content (AvgIpc) is 2.89. The summed E-state index contributed by atoms with van der Waals surface area (Å²) in [6, 6.07) is 10.3. The Balaban J connectivity index is 1.89. The molecule has 0 saturated carbocycles. The number of ketones is 1. The lowest BCUT2D eigenvalue weighted by Gasteiger charge is -2.04. The summed E-state index contributed by atoms with van der Waals surface area (Å²) in [5, 5.41) is 3.40. The first-order valence-electron chi connectivity index (χ1n) is 6.42. The smallest absolute Gasteiger partial charge is 0.296 e. The lowest BCUT2D eigenvalue weighted by molar-refractivity contribution is -0.112. The molecule has 0 saturated heterocycles. The molecular formula is C16H10ClFN2O2. The third-order valence-corrected chi connectivity index (χ3v) is 3.41. The number of rotatable bonds is 3. The minimum atomic E-state index is -0.841. The molecule has 4 nitrogen and oxygen atoms in total. The molecule has 2 N–H and O–H groups in total. The number of hydrogen-bond acceptors (Lipinski definition) is 2. The molecule has 0 spiro atoms. The first-order chi connectivity index (χ1) is 10.5. The van der Waals surface area contributed by atoms with Crippen LogP contribution in [-0.4, -0.2) is 16.7 Å². The molecule has 1 heterocycles. The van der Waals surface area contributed by atoms with E-state index in [-0.39, 0.29) is 11.3 Å². The highest BCUT2D eigenvalue weighted by Gasteiger charge is 2.20. The summed E-state index contributed by atoms with van der Waals surface area (Å²) >= 11 is 5.91. The van der Waals surface area contributed by atoms with Gasteiger partial charge in [0.1, 0.15) is 5.82 Å². The number of carbonyl (C=O) groups excluding carboxylic acids is 2. The van der Waals surface area contributed by atoms with Gasteiger partial charge in [-0.3, -0.25) is 9.59 Å². The van der Waals surface area contributed by atoms with Gasteiger partial charge in [-0.05, 0) is 36.4 Å². The zero-order valence-electron chi connectivity index (χ0n) is 11.2. The summed E-state index contributed by atoms with van der Waals surface area (Å²) in [6.45, 7) is 0. The normalized spacial score (nSPS) is 10.6. The van der Waals surface area contributed by atoms with E-state index in [2.05, 4.69) is 10.3 Å². The monoisotopic (exact) mass is 316 g/mol. The highest BCUT2D eigenvalue weighted by Crippen LogP contribution is 2.23. The SMILES string of the molecule is O=C(Nc1cccc(F)c1)C(=O)c1c[nH]c2ccc(Cl)cc12. The molecule has 0 unspecified atom stereocenters. The van der Waals surface area contributed by atoms with Gasteiger partial charge in [-0.15, -0.1) is 0 Å². The van der Waals surface area contributed by atoms with E-state index in [1.54, 1.807) is 18.2 Å². The highest BCUT2D eigenvalue weighted by atomic mass is 35.5. The molecule has 2 aromatic carbocycles. The van der Waals surface area contributed by atoms with Crippen LogP contribution in [0.5, 0.6) is 0 Å². The molecule has 0 aliphatic rings. The quantitative estimate of drug-likeness (QED) is 0.570. The van der Waals surface area contributed by atoms with Crippen molar-refractivity contribution in [3.8, 4) is 0 Å². The van der Waals surface area contributed by atoms with E-state index in [1.807, 2.05) is 0 Å². The van der Waals surface area contributed by atoms with Gasteiger partial charge in [-0.2, -0.15) is 0 Å². The lowest BCUT2D eigenvalue weighted by Crippen LogP contribution is -2.22. The Morgan fingerprint density at radius 3 is 2.73 bits per heavy atom. The van der Waals surface area contributed by atoms with Gasteiger partial charge >= 0.3 is 0 Å². The molecule has 1 aromatic heterocycles. The number of halogens is 2. The highest BCUT2D eigenvalue weighted by molar-refractivity contribution is 6.48. The van der Waals surface area contributed by atoms with Crippen LogP contribution >= 0.6 is 11.6 Å². The van der Waals surface area contributed by atoms with Crippen molar-refractivity contribution in [3.63, 3.8) is 0 Å². The second kappa shape index (κ2) is 5.61. The second-order valence-corrected chi connectivity index (χ2v) is 5.12. The topological polar surface area (TPSA) is 62.0 Å². The van der Waals surface area contributed by atoms with Crippen molar-refractivity contribution in [1.29, 1.82) is 0 Å². The number of carbonyl (C=O) groups is 2. The Bertz CT molecular complexity index is 889. The molecule has 110 valence electrons. The van der Waals surface area contributed by atoms with Gasteiger partial charge in [0, 0.05) is 27.8 Å². The number of aromatic nitrogens is 1. The Morgan fingerprint density at radius 1 is 1.14 bits per heavy atom. The van der Waals surface area contributed by atoms with Crippen molar-refractivity contribution in [2.75, 3.05) is 5.32 Å². The zero-order chi connectivity index (χ0) is 15.7. The summed E-state index contributed by atoms with van der Waals surface area (Å²) in [7, 11) is 0. The molecule has 22 heavy (non-hydrogen) atoms. The largest absolute Gasteiger partial charge is 0.360 e. The zero-order valence-corrected chi connectivity index (χ0v) is 11.9. The van der Waals surface area contributed by atoms with Gasteiger partial charge in [-0.25, -0.2) is 4.39 Å². The Labute approximate surface area is 129 Å². The summed E-state index contributed by atoms with van der Waals surface area (Å²) in [5.41, 5.74) is 1.13. The number of aromatic amines is 1. The Hall–Kier alpha value is -2.66. The van der Waals surface area contributed by atoms with E-state index in [1.165, 1.54) is 24.4 Å². The van der Waals surface area contributed by atoms with E-state index >= 15 is 0 Å². The van der Waals surface area contributed by atoms with E-state index in [0.29, 0.717) is 15.9 Å². The van der Waals surface area contributed by atoms with Crippen LogP contribution < -0.4 is 5.32 Å². The Kier molecular flexibility index (Phi) is 3.65. The summed E-state index contributed by atoms with van der Waals surface area (Å²) < 4.78 is 13.1. The molecule has 0 fully saturated rings. The van der Waals surface area contributed by atoms with Crippen LogP contribution in [0.25, 0.3) is 10.9 Å². The van der Waals surface area contributed by atoms with Gasteiger partial charge < -0.3 is 10.3 Å². The fraction of sp³-hybridized carbons (Fsp3) is 0. The van der Waals surface area contributed by atoms with Crippen LogP contribution in [0.1, 0.15) is 10.4 Å². The van der Waals surface area contributed by atoms with Crippen LogP contribution in [-0.2, 0) is 4.79 Å². The predicted octanol–water partition coefficient (Wildman–Crippen LogP) is 3.78. The number of benzene rings is 2. The van der Waals surface area contributed by atoms with Crippen molar-refractivity contribution in [1.82, 2.24) is 4.98 Å². The molecule has 0 atom stereocenters. The minimum absolute atomic E-state index is 0.214. The molecule has 0 bridgehead atoms. The molecule has 3 aromatic rings. The van der Waals surface area contributed by atoms with Crippen molar-refractivity contribution < 1.29 is 14.0 Å². The second-order valence-electron chi connectivity index (χ2n) is 4.69. The fourth-order valence-electron chi connectivity index (χ4n) is 2.16. The van der Waals surface area contributed by atoms with Crippen LogP contribution in [0.15, 0.2) is 48.7 Å². The number of Topliss-reactive ketones (excluding diaryl/α,β-unsaturated/α-hetero) is 1. The van der Waals surface area contributed by atoms with Crippen molar-refractivity contribution >= 4 is 39.9 Å². The molecule has 3 rings (SSSR count). The number of anilines is 1. The third-order valence-electron chi connectivity index (χ3n) is 3.18. The third kappa shape index (κ3) is 2.71. The summed E-state index contributed by atoms with van der Waals surface area (Å²) in [6.07, 6.45) is 1.45. The number of H-pyrrole nitrogens is 1. The first-order valence-corrected chi connectivity index (χ1v) is 6.80. The molecule has 0 aliphatic carbocycles. The van der Waals surface area contributed by atoms with Gasteiger partial charge in [-0.1, -0.05) is 17.7 Å². The van der Waals surface area contributed by atoms with Crippen LogP contribution in [0.4, 0.5) is 10.1 Å². The molecule has 0 aliphatic heterocycles. The van der Waals surface area contributed by atoms with Crippen LogP contribution in [0.2, 0.25) is 5.02 Å². The Morgan fingerprint density at radius 2 is 1.95 bits per heavy atom. The molecule has 6 heteroatoms. The van der Waals surface area contributed by atoms with Crippen molar-refractivity contribution in [3.05, 3.63) is 65.1 Å². The minimum Gasteiger partial charge on any atom is -0.360 e. The molecule has 0 radical (unpaired) electrons. The first kappa shape index (κ1) is 14.3. The van der Waals surface area contributed by atoms with E-state index in [4.69, 9.17) is 11.6 Å². The fourth-order valence-corrected chi connectivity index (χ4v) is 2.33. The standard InChI is InChI=1S/C16H10ClFN2O2/c17-9-4-5-14-12(6-9)13(8-19-14)15(21)16(22)20-11-3-1-2-10(18)7-11/h1-8,19H,(H,20,22). The van der Waals surface area contributed by atoms with Gasteiger partial charge in [0.15, 0.2) is 0 Å². The van der Waals surface area contributed by atoms with Gasteiger partial charge in [0.25, 0.3) is 11.7 Å². The number of nitrogens with one attached hydrogen (secondary N) is 2. The maximum atomic E-state index is 13.1. The van der Waals surface area contributed by atoms with Gasteiger partial charge in [0.05, 0.1) is 5.56 Å². The number of amides is 1. The summed E-state index contributed by atoms with van der Waals surface area (Å²) in [5.74, 6) is -2.06. The number of fused-ring (bicyclic) bond motifs is 1. The predicted molar refractivity (Wildman–Crippen MR) is 82.7 cm³/mol. The van der Waals surface area contributed by atoms with Crippen LogP contribution in [0, 0.1) is 5.82 Å². The number of hydrogen-bond donors (Lipinski definition) is 2. The maximum Gasteiger partial charge on any atom is 0.296 e.